The Balaban J connectivity index is 1.72. The quantitative estimate of drug-likeness (QED) is 0.812. The second-order valence-corrected chi connectivity index (χ2v) is 5.64. The number of rotatable bonds is 7. The molecule has 0 unspecified atom stereocenters. The van der Waals surface area contributed by atoms with Gasteiger partial charge in [-0.15, -0.1) is 0 Å². The van der Waals surface area contributed by atoms with Crippen LogP contribution in [0.25, 0.3) is 0 Å². The van der Waals surface area contributed by atoms with Crippen LogP contribution in [-0.4, -0.2) is 19.8 Å². The molecular weight excluding hydrogens is 238 g/mol. The van der Waals surface area contributed by atoms with E-state index < -0.39 is 0 Å². The third-order valence-corrected chi connectivity index (χ3v) is 4.06. The average Bonchev–Trinajstić information content (AvgIpc) is 3.30. The van der Waals surface area contributed by atoms with Gasteiger partial charge in [-0.25, -0.2) is 0 Å². The second-order valence-electron chi connectivity index (χ2n) is 5.64. The van der Waals surface area contributed by atoms with Gasteiger partial charge < -0.3 is 14.8 Å². The van der Waals surface area contributed by atoms with E-state index >= 15 is 0 Å². The molecule has 3 heteroatoms. The van der Waals surface area contributed by atoms with Crippen molar-refractivity contribution in [3.63, 3.8) is 0 Å². The summed E-state index contributed by atoms with van der Waals surface area (Å²) in [5, 5.41) is 3.71. The standard InChI is InChI=1S/C16H23NO2/c1-3-19-14-9-8-13(10-15(14)18-2)17-16(11-4-5-11)12-6-7-12/h8-12,16-17H,3-7H2,1-2H3. The third-order valence-electron chi connectivity index (χ3n) is 4.06. The van der Waals surface area contributed by atoms with Crippen LogP contribution < -0.4 is 14.8 Å². The first kappa shape index (κ1) is 12.6. The van der Waals surface area contributed by atoms with Crippen LogP contribution in [0, 0.1) is 11.8 Å². The molecule has 3 rings (SSSR count). The van der Waals surface area contributed by atoms with E-state index in [0.29, 0.717) is 12.6 Å². The van der Waals surface area contributed by atoms with Crippen LogP contribution in [0.3, 0.4) is 0 Å². The van der Waals surface area contributed by atoms with Crippen molar-refractivity contribution in [2.45, 2.75) is 38.6 Å². The Morgan fingerprint density at radius 2 is 1.84 bits per heavy atom. The highest BCUT2D eigenvalue weighted by Crippen LogP contribution is 2.46. The van der Waals surface area contributed by atoms with Gasteiger partial charge in [-0.2, -0.15) is 0 Å². The monoisotopic (exact) mass is 261 g/mol. The van der Waals surface area contributed by atoms with Gasteiger partial charge in [0.15, 0.2) is 11.5 Å². The molecule has 0 spiro atoms. The number of ether oxygens (including phenoxy) is 2. The molecule has 19 heavy (non-hydrogen) atoms. The minimum absolute atomic E-state index is 0.663. The minimum atomic E-state index is 0.663. The van der Waals surface area contributed by atoms with Crippen LogP contribution in [0.4, 0.5) is 5.69 Å². The van der Waals surface area contributed by atoms with Crippen LogP contribution in [-0.2, 0) is 0 Å². The molecule has 2 saturated carbocycles. The summed E-state index contributed by atoms with van der Waals surface area (Å²) in [5.41, 5.74) is 1.16. The number of methoxy groups -OCH3 is 1. The van der Waals surface area contributed by atoms with E-state index in [4.69, 9.17) is 9.47 Å². The Bertz CT molecular complexity index is 426. The minimum Gasteiger partial charge on any atom is -0.493 e. The number of anilines is 1. The first-order valence-corrected chi connectivity index (χ1v) is 7.39. The van der Waals surface area contributed by atoms with Crippen molar-refractivity contribution in [2.75, 3.05) is 19.0 Å². The Kier molecular flexibility index (Phi) is 3.54. The van der Waals surface area contributed by atoms with Crippen molar-refractivity contribution in [3.05, 3.63) is 18.2 Å². The molecule has 104 valence electrons. The number of nitrogens with one attached hydrogen (secondary N) is 1. The van der Waals surface area contributed by atoms with Crippen molar-refractivity contribution in [1.82, 2.24) is 0 Å². The zero-order valence-electron chi connectivity index (χ0n) is 11.8. The molecule has 0 saturated heterocycles. The van der Waals surface area contributed by atoms with Gasteiger partial charge >= 0.3 is 0 Å². The summed E-state index contributed by atoms with van der Waals surface area (Å²) in [7, 11) is 1.70. The lowest BCUT2D eigenvalue weighted by molar-refractivity contribution is 0.311. The van der Waals surface area contributed by atoms with Crippen LogP contribution in [0.2, 0.25) is 0 Å². The van der Waals surface area contributed by atoms with E-state index in [0.717, 1.165) is 29.0 Å². The van der Waals surface area contributed by atoms with Crippen molar-refractivity contribution < 1.29 is 9.47 Å². The fourth-order valence-corrected chi connectivity index (χ4v) is 2.76. The maximum atomic E-state index is 5.55. The van der Waals surface area contributed by atoms with E-state index in [1.807, 2.05) is 13.0 Å². The zero-order valence-corrected chi connectivity index (χ0v) is 11.8. The average molecular weight is 261 g/mol. The van der Waals surface area contributed by atoms with Crippen molar-refractivity contribution in [1.29, 1.82) is 0 Å². The van der Waals surface area contributed by atoms with Gasteiger partial charge in [0.2, 0.25) is 0 Å². The Labute approximate surface area is 115 Å². The van der Waals surface area contributed by atoms with Crippen molar-refractivity contribution in [3.8, 4) is 11.5 Å². The molecule has 0 bridgehead atoms. The normalized spacial score (nSPS) is 18.5. The van der Waals surface area contributed by atoms with E-state index in [1.165, 1.54) is 25.7 Å². The largest absolute Gasteiger partial charge is 0.493 e. The predicted octanol–water partition coefficient (Wildman–Crippen LogP) is 3.69. The Morgan fingerprint density at radius 1 is 1.16 bits per heavy atom. The van der Waals surface area contributed by atoms with E-state index in [-0.39, 0.29) is 0 Å². The topological polar surface area (TPSA) is 30.5 Å². The lowest BCUT2D eigenvalue weighted by Gasteiger charge is -2.20. The molecule has 0 amide bonds. The molecule has 2 fully saturated rings. The highest BCUT2D eigenvalue weighted by molar-refractivity contribution is 5.55. The second kappa shape index (κ2) is 5.32. The first-order valence-electron chi connectivity index (χ1n) is 7.39. The van der Waals surface area contributed by atoms with Gasteiger partial charge in [-0.05, 0) is 56.6 Å². The molecule has 1 aromatic rings. The third kappa shape index (κ3) is 2.96. The zero-order chi connectivity index (χ0) is 13.2. The molecule has 0 aliphatic heterocycles. The molecule has 2 aliphatic carbocycles. The molecule has 1 aromatic carbocycles. The fourth-order valence-electron chi connectivity index (χ4n) is 2.76. The molecular formula is C16H23NO2. The maximum Gasteiger partial charge on any atom is 0.162 e. The number of hydrogen-bond acceptors (Lipinski definition) is 3. The molecule has 0 atom stereocenters. The smallest absolute Gasteiger partial charge is 0.162 e. The van der Waals surface area contributed by atoms with Crippen LogP contribution in [0.15, 0.2) is 18.2 Å². The van der Waals surface area contributed by atoms with E-state index in [2.05, 4.69) is 17.4 Å². The summed E-state index contributed by atoms with van der Waals surface area (Å²) >= 11 is 0. The van der Waals surface area contributed by atoms with Crippen molar-refractivity contribution in [2.24, 2.45) is 11.8 Å². The van der Waals surface area contributed by atoms with Crippen LogP contribution in [0.1, 0.15) is 32.6 Å². The highest BCUT2D eigenvalue weighted by atomic mass is 16.5. The predicted molar refractivity (Wildman–Crippen MR) is 77.0 cm³/mol. The molecule has 2 aliphatic rings. The Morgan fingerprint density at radius 3 is 2.37 bits per heavy atom. The first-order chi connectivity index (χ1) is 9.31. The summed E-state index contributed by atoms with van der Waals surface area (Å²) in [5.74, 6) is 3.43. The van der Waals surface area contributed by atoms with Crippen LogP contribution in [0.5, 0.6) is 11.5 Å². The highest BCUT2D eigenvalue weighted by Gasteiger charge is 2.41. The lowest BCUT2D eigenvalue weighted by Crippen LogP contribution is -2.24. The molecule has 1 N–H and O–H groups in total. The summed E-state index contributed by atoms with van der Waals surface area (Å²) in [6.45, 7) is 2.65. The van der Waals surface area contributed by atoms with Gasteiger partial charge in [-0.1, -0.05) is 0 Å². The van der Waals surface area contributed by atoms with Gasteiger partial charge in [0.05, 0.1) is 13.7 Å². The molecule has 3 nitrogen and oxygen atoms in total. The van der Waals surface area contributed by atoms with Gasteiger partial charge in [-0.3, -0.25) is 0 Å². The van der Waals surface area contributed by atoms with Gasteiger partial charge in [0.25, 0.3) is 0 Å². The molecule has 0 radical (unpaired) electrons. The molecule has 0 heterocycles. The summed E-state index contributed by atoms with van der Waals surface area (Å²) < 4.78 is 11.0. The number of hydrogen-bond donors (Lipinski definition) is 1. The SMILES string of the molecule is CCOc1ccc(NC(C2CC2)C2CC2)cc1OC. The van der Waals surface area contributed by atoms with E-state index in [9.17, 15) is 0 Å². The lowest BCUT2D eigenvalue weighted by atomic mass is 10.1. The summed E-state index contributed by atoms with van der Waals surface area (Å²) in [4.78, 5) is 0. The van der Waals surface area contributed by atoms with Crippen molar-refractivity contribution >= 4 is 5.69 Å². The van der Waals surface area contributed by atoms with Gasteiger partial charge in [0, 0.05) is 17.8 Å². The Hall–Kier alpha value is -1.38. The maximum absolute atomic E-state index is 5.55. The fraction of sp³-hybridized carbons (Fsp3) is 0.625. The number of benzene rings is 1. The summed E-state index contributed by atoms with van der Waals surface area (Å²) in [6.07, 6.45) is 5.56. The van der Waals surface area contributed by atoms with E-state index in [1.54, 1.807) is 7.11 Å². The van der Waals surface area contributed by atoms with Gasteiger partial charge in [0.1, 0.15) is 0 Å². The molecule has 0 aromatic heterocycles. The van der Waals surface area contributed by atoms with Crippen LogP contribution >= 0.6 is 0 Å². The summed E-state index contributed by atoms with van der Waals surface area (Å²) in [6, 6.07) is 6.83.